The molecule has 1 fully saturated rings. The van der Waals surface area contributed by atoms with E-state index in [1.54, 1.807) is 4.42 Å². The van der Waals surface area contributed by atoms with Crippen LogP contribution in [0.2, 0.25) is 0 Å². The number of aliphatic hydroxyl groups excluding tert-OH is 1. The lowest BCUT2D eigenvalue weighted by molar-refractivity contribution is 0.167. The number of rotatable bonds is 3. The van der Waals surface area contributed by atoms with E-state index in [4.69, 9.17) is 11.8 Å². The van der Waals surface area contributed by atoms with Crippen molar-refractivity contribution in [3.05, 3.63) is 71.8 Å². The van der Waals surface area contributed by atoms with Gasteiger partial charge in [-0.15, -0.1) is 0 Å². The van der Waals surface area contributed by atoms with Crippen LogP contribution in [-0.4, -0.2) is 15.6 Å². The Morgan fingerprint density at radius 1 is 0.944 bits per heavy atom. The highest BCUT2D eigenvalue weighted by Crippen LogP contribution is 2.50. The van der Waals surface area contributed by atoms with Crippen LogP contribution in [0.25, 0.3) is 0 Å². The fourth-order valence-electron chi connectivity index (χ4n) is 2.37. The molecule has 1 aliphatic rings. The Hall–Kier alpha value is -1.35. The Morgan fingerprint density at radius 3 is 2.11 bits per heavy atom. The maximum Gasteiger partial charge on any atom is 0.0977 e. The SMILES string of the molecule is O[C@H](c1ccccc1)[C@H]1[C@@H](c2ccccc2)N1Cl. The third kappa shape index (κ3) is 2.03. The van der Waals surface area contributed by atoms with Gasteiger partial charge in [-0.1, -0.05) is 60.7 Å². The molecule has 0 saturated carbocycles. The van der Waals surface area contributed by atoms with Crippen LogP contribution in [0.15, 0.2) is 60.7 Å². The number of hydrogen-bond donors (Lipinski definition) is 1. The van der Waals surface area contributed by atoms with E-state index in [-0.39, 0.29) is 12.1 Å². The van der Waals surface area contributed by atoms with Crippen molar-refractivity contribution in [1.29, 1.82) is 0 Å². The van der Waals surface area contributed by atoms with Crippen molar-refractivity contribution >= 4 is 11.8 Å². The van der Waals surface area contributed by atoms with Gasteiger partial charge in [0.1, 0.15) is 0 Å². The smallest absolute Gasteiger partial charge is 0.0977 e. The molecule has 0 bridgehead atoms. The number of hydrogen-bond acceptors (Lipinski definition) is 2. The summed E-state index contributed by atoms with van der Waals surface area (Å²) in [6.45, 7) is 0. The van der Waals surface area contributed by atoms with Gasteiger partial charge in [0, 0.05) is 0 Å². The first-order valence-corrected chi connectivity index (χ1v) is 6.35. The van der Waals surface area contributed by atoms with Crippen molar-refractivity contribution in [1.82, 2.24) is 4.42 Å². The number of benzene rings is 2. The minimum atomic E-state index is -0.547. The molecule has 0 aromatic heterocycles. The van der Waals surface area contributed by atoms with Gasteiger partial charge in [0.05, 0.1) is 18.2 Å². The highest BCUT2D eigenvalue weighted by Gasteiger charge is 2.52. The Morgan fingerprint density at radius 2 is 1.50 bits per heavy atom. The molecule has 92 valence electrons. The van der Waals surface area contributed by atoms with Gasteiger partial charge in [0.15, 0.2) is 0 Å². The number of halogens is 1. The normalized spacial score (nSPS) is 27.8. The molecule has 2 aromatic rings. The molecular formula is C15H14ClNO. The van der Waals surface area contributed by atoms with Crippen LogP contribution in [0.3, 0.4) is 0 Å². The van der Waals surface area contributed by atoms with Crippen LogP contribution in [-0.2, 0) is 0 Å². The van der Waals surface area contributed by atoms with E-state index in [0.29, 0.717) is 0 Å². The molecular weight excluding hydrogens is 246 g/mol. The van der Waals surface area contributed by atoms with Crippen LogP contribution in [0.4, 0.5) is 0 Å². The maximum atomic E-state index is 10.3. The molecule has 0 aliphatic carbocycles. The van der Waals surface area contributed by atoms with E-state index < -0.39 is 6.10 Å². The molecule has 2 aromatic carbocycles. The maximum absolute atomic E-state index is 10.3. The van der Waals surface area contributed by atoms with Gasteiger partial charge in [-0.2, -0.15) is 0 Å². The molecule has 0 spiro atoms. The van der Waals surface area contributed by atoms with Gasteiger partial charge in [-0.25, -0.2) is 4.42 Å². The largest absolute Gasteiger partial charge is 0.387 e. The lowest BCUT2D eigenvalue weighted by Crippen LogP contribution is -2.07. The third-order valence-corrected chi connectivity index (χ3v) is 3.83. The average molecular weight is 260 g/mol. The first-order valence-electron chi connectivity index (χ1n) is 6.01. The Balaban J connectivity index is 1.80. The minimum Gasteiger partial charge on any atom is -0.387 e. The van der Waals surface area contributed by atoms with E-state index in [0.717, 1.165) is 11.1 Å². The minimum absolute atomic E-state index is 0.0449. The standard InChI is InChI=1S/C15H14ClNO/c16-17-13(11-7-3-1-4-8-11)14(17)15(18)12-9-5-2-6-10-12/h1-10,13-15,18H/t13-,14-,15-,17?/m1/s1. The van der Waals surface area contributed by atoms with E-state index in [2.05, 4.69) is 0 Å². The second kappa shape index (κ2) is 4.73. The van der Waals surface area contributed by atoms with Crippen LogP contribution in [0, 0.1) is 0 Å². The molecule has 1 saturated heterocycles. The summed E-state index contributed by atoms with van der Waals surface area (Å²) in [7, 11) is 0. The van der Waals surface area contributed by atoms with Gasteiger partial charge >= 0.3 is 0 Å². The van der Waals surface area contributed by atoms with E-state index in [1.807, 2.05) is 60.7 Å². The van der Waals surface area contributed by atoms with Crippen molar-refractivity contribution in [3.8, 4) is 0 Å². The Kier molecular flexibility index (Phi) is 3.08. The quantitative estimate of drug-likeness (QED) is 0.675. The summed E-state index contributed by atoms with van der Waals surface area (Å²) in [6, 6.07) is 19.7. The van der Waals surface area contributed by atoms with E-state index >= 15 is 0 Å². The summed E-state index contributed by atoms with van der Waals surface area (Å²) in [5.74, 6) is 0. The summed E-state index contributed by atoms with van der Waals surface area (Å²) >= 11 is 6.17. The highest BCUT2D eigenvalue weighted by molar-refractivity contribution is 6.15. The zero-order valence-electron chi connectivity index (χ0n) is 9.78. The van der Waals surface area contributed by atoms with E-state index in [1.165, 1.54) is 0 Å². The highest BCUT2D eigenvalue weighted by atomic mass is 35.5. The first kappa shape index (κ1) is 11.7. The molecule has 2 nitrogen and oxygen atoms in total. The summed E-state index contributed by atoms with van der Waals surface area (Å²) in [5.41, 5.74) is 2.05. The second-order valence-corrected chi connectivity index (χ2v) is 4.94. The van der Waals surface area contributed by atoms with Crippen molar-refractivity contribution in [2.45, 2.75) is 18.2 Å². The topological polar surface area (TPSA) is 23.2 Å². The lowest BCUT2D eigenvalue weighted by Gasteiger charge is -2.08. The van der Waals surface area contributed by atoms with Crippen LogP contribution in [0.5, 0.6) is 0 Å². The molecule has 1 N–H and O–H groups in total. The van der Waals surface area contributed by atoms with Crippen LogP contribution in [0.1, 0.15) is 23.3 Å². The molecule has 3 rings (SSSR count). The predicted molar refractivity (Wildman–Crippen MR) is 72.1 cm³/mol. The summed E-state index contributed by atoms with van der Waals surface area (Å²) < 4.78 is 1.69. The monoisotopic (exact) mass is 259 g/mol. The van der Waals surface area contributed by atoms with Gasteiger partial charge < -0.3 is 5.11 Å². The van der Waals surface area contributed by atoms with Gasteiger partial charge in [0.2, 0.25) is 0 Å². The molecule has 0 radical (unpaired) electrons. The van der Waals surface area contributed by atoms with E-state index in [9.17, 15) is 5.11 Å². The Bertz CT molecular complexity index is 475. The second-order valence-electron chi connectivity index (χ2n) is 4.55. The van der Waals surface area contributed by atoms with Crippen molar-refractivity contribution in [3.63, 3.8) is 0 Å². The lowest BCUT2D eigenvalue weighted by atomic mass is 10.0. The van der Waals surface area contributed by atoms with Gasteiger partial charge in [-0.05, 0) is 22.9 Å². The predicted octanol–water partition coefficient (Wildman–Crippen LogP) is 3.30. The summed E-state index contributed by atoms with van der Waals surface area (Å²) in [5, 5.41) is 10.3. The zero-order chi connectivity index (χ0) is 12.5. The molecule has 4 atom stereocenters. The van der Waals surface area contributed by atoms with Gasteiger partial charge in [-0.3, -0.25) is 0 Å². The van der Waals surface area contributed by atoms with Crippen LogP contribution < -0.4 is 0 Å². The molecule has 1 heterocycles. The molecule has 0 amide bonds. The van der Waals surface area contributed by atoms with Crippen LogP contribution >= 0.6 is 11.8 Å². The zero-order valence-corrected chi connectivity index (χ0v) is 10.5. The number of nitrogens with zero attached hydrogens (tertiary/aromatic N) is 1. The molecule has 1 aliphatic heterocycles. The number of aliphatic hydroxyl groups is 1. The molecule has 1 unspecified atom stereocenters. The Labute approximate surface area is 112 Å². The van der Waals surface area contributed by atoms with Crippen molar-refractivity contribution < 1.29 is 5.11 Å². The fraction of sp³-hybridized carbons (Fsp3) is 0.200. The summed E-state index contributed by atoms with van der Waals surface area (Å²) in [6.07, 6.45) is -0.547. The average Bonchev–Trinajstić information content (AvgIpc) is 3.11. The van der Waals surface area contributed by atoms with Crippen molar-refractivity contribution in [2.75, 3.05) is 0 Å². The third-order valence-electron chi connectivity index (χ3n) is 3.39. The van der Waals surface area contributed by atoms with Crippen molar-refractivity contribution in [2.24, 2.45) is 0 Å². The first-order chi connectivity index (χ1) is 8.79. The molecule has 18 heavy (non-hydrogen) atoms. The molecule has 3 heteroatoms. The summed E-state index contributed by atoms with van der Waals surface area (Å²) in [4.78, 5) is 0. The fourth-order valence-corrected chi connectivity index (χ4v) is 2.76. The van der Waals surface area contributed by atoms with Gasteiger partial charge in [0.25, 0.3) is 0 Å².